The van der Waals surface area contributed by atoms with Crippen molar-refractivity contribution < 1.29 is 19.0 Å². The molecule has 0 spiro atoms. The van der Waals surface area contributed by atoms with Crippen molar-refractivity contribution in [3.8, 4) is 5.75 Å². The first-order valence-electron chi connectivity index (χ1n) is 4.69. The van der Waals surface area contributed by atoms with E-state index >= 15 is 0 Å². The normalized spacial score (nSPS) is 10.9. The molecule has 0 aliphatic carbocycles. The Bertz CT molecular complexity index is 492. The van der Waals surface area contributed by atoms with Crippen LogP contribution in [0.5, 0.6) is 5.75 Å². The van der Waals surface area contributed by atoms with Crippen LogP contribution >= 0.6 is 15.9 Å². The van der Waals surface area contributed by atoms with Crippen molar-refractivity contribution in [3.63, 3.8) is 0 Å². The zero-order valence-corrected chi connectivity index (χ0v) is 10.3. The number of hydrogen-bond donors (Lipinski definition) is 1. The minimum Gasteiger partial charge on any atom is -0.466 e. The molecule has 1 aromatic carbocycles. The number of furan rings is 1. The molecule has 1 aromatic heterocycles. The van der Waals surface area contributed by atoms with Gasteiger partial charge in [0.2, 0.25) is 0 Å². The van der Waals surface area contributed by atoms with E-state index in [9.17, 15) is 5.11 Å². The Hall–Kier alpha value is -1.04. The molecule has 0 saturated carbocycles. The number of aliphatic hydroxyl groups is 1. The first-order valence-corrected chi connectivity index (χ1v) is 5.48. The molecule has 0 unspecified atom stereocenters. The van der Waals surface area contributed by atoms with Gasteiger partial charge in [-0.2, -0.15) is 0 Å². The molecular formula is C11H11BrO4. The summed E-state index contributed by atoms with van der Waals surface area (Å²) in [5.74, 6) is 0.594. The van der Waals surface area contributed by atoms with E-state index in [0.717, 1.165) is 9.86 Å². The maximum Gasteiger partial charge on any atom is 0.188 e. The number of benzene rings is 1. The summed E-state index contributed by atoms with van der Waals surface area (Å²) in [6, 6.07) is 3.57. The molecule has 5 heteroatoms. The number of methoxy groups -OCH3 is 1. The van der Waals surface area contributed by atoms with Crippen molar-refractivity contribution in [2.24, 2.45) is 0 Å². The predicted octanol–water partition coefficient (Wildman–Crippen LogP) is 2.67. The van der Waals surface area contributed by atoms with Gasteiger partial charge in [0.25, 0.3) is 0 Å². The van der Waals surface area contributed by atoms with Crippen LogP contribution in [0.15, 0.2) is 27.3 Å². The summed E-state index contributed by atoms with van der Waals surface area (Å²) >= 11 is 3.38. The molecule has 86 valence electrons. The lowest BCUT2D eigenvalue weighted by atomic mass is 10.1. The van der Waals surface area contributed by atoms with Crippen molar-refractivity contribution in [1.29, 1.82) is 0 Å². The largest absolute Gasteiger partial charge is 0.466 e. The summed E-state index contributed by atoms with van der Waals surface area (Å²) in [4.78, 5) is 0. The minimum atomic E-state index is -0.0984. The monoisotopic (exact) mass is 286 g/mol. The van der Waals surface area contributed by atoms with E-state index in [1.54, 1.807) is 25.5 Å². The van der Waals surface area contributed by atoms with Crippen LogP contribution in [-0.2, 0) is 11.3 Å². The van der Waals surface area contributed by atoms with Crippen LogP contribution in [0, 0.1) is 0 Å². The summed E-state index contributed by atoms with van der Waals surface area (Å²) in [6.45, 7) is 0.0354. The van der Waals surface area contributed by atoms with Crippen LogP contribution in [0.25, 0.3) is 11.0 Å². The Balaban J connectivity index is 2.57. The Morgan fingerprint density at radius 3 is 3.00 bits per heavy atom. The van der Waals surface area contributed by atoms with E-state index in [-0.39, 0.29) is 13.4 Å². The molecule has 1 N–H and O–H groups in total. The molecule has 4 nitrogen and oxygen atoms in total. The summed E-state index contributed by atoms with van der Waals surface area (Å²) in [5, 5.41) is 10.1. The molecule has 0 atom stereocenters. The first-order chi connectivity index (χ1) is 7.77. The number of aliphatic hydroxyl groups excluding tert-OH is 1. The maximum atomic E-state index is 9.27. The van der Waals surface area contributed by atoms with Gasteiger partial charge in [0.1, 0.15) is 5.75 Å². The molecular weight excluding hydrogens is 276 g/mol. The summed E-state index contributed by atoms with van der Waals surface area (Å²) < 4.78 is 16.4. The Labute approximate surface area is 101 Å². The standard InChI is InChI=1S/C11H11BrO4/c1-14-6-16-10-7(5-13)4-9(12)11-8(10)2-3-15-11/h2-4,13H,5-6H2,1H3. The van der Waals surface area contributed by atoms with Crippen molar-refractivity contribution in [1.82, 2.24) is 0 Å². The summed E-state index contributed by atoms with van der Waals surface area (Å²) in [7, 11) is 1.55. The Kier molecular flexibility index (Phi) is 3.48. The van der Waals surface area contributed by atoms with Crippen LogP contribution in [0.2, 0.25) is 0 Å². The van der Waals surface area contributed by atoms with E-state index in [4.69, 9.17) is 13.9 Å². The smallest absolute Gasteiger partial charge is 0.188 e. The van der Waals surface area contributed by atoms with Gasteiger partial charge in [-0.25, -0.2) is 0 Å². The van der Waals surface area contributed by atoms with Gasteiger partial charge in [-0.15, -0.1) is 0 Å². The first kappa shape index (κ1) is 11.4. The van der Waals surface area contributed by atoms with E-state index in [2.05, 4.69) is 15.9 Å². The highest BCUT2D eigenvalue weighted by Gasteiger charge is 2.14. The zero-order valence-electron chi connectivity index (χ0n) is 8.70. The highest BCUT2D eigenvalue weighted by molar-refractivity contribution is 9.10. The molecule has 0 radical (unpaired) electrons. The van der Waals surface area contributed by atoms with Crippen LogP contribution in [-0.4, -0.2) is 19.0 Å². The van der Waals surface area contributed by atoms with E-state index in [1.165, 1.54) is 0 Å². The van der Waals surface area contributed by atoms with Crippen LogP contribution in [0.4, 0.5) is 0 Å². The lowest BCUT2D eigenvalue weighted by molar-refractivity contribution is 0.0506. The lowest BCUT2D eigenvalue weighted by Crippen LogP contribution is -2.02. The van der Waals surface area contributed by atoms with Gasteiger partial charge in [-0.3, -0.25) is 0 Å². The van der Waals surface area contributed by atoms with Gasteiger partial charge in [-0.1, -0.05) is 0 Å². The fraction of sp³-hybridized carbons (Fsp3) is 0.273. The molecule has 2 rings (SSSR count). The van der Waals surface area contributed by atoms with E-state index in [0.29, 0.717) is 16.9 Å². The van der Waals surface area contributed by atoms with Crippen molar-refractivity contribution in [2.75, 3.05) is 13.9 Å². The lowest BCUT2D eigenvalue weighted by Gasteiger charge is -2.10. The second-order valence-electron chi connectivity index (χ2n) is 3.22. The third kappa shape index (κ3) is 1.93. The topological polar surface area (TPSA) is 51.8 Å². The van der Waals surface area contributed by atoms with Gasteiger partial charge in [-0.05, 0) is 28.1 Å². The maximum absolute atomic E-state index is 9.27. The molecule has 0 aliphatic heterocycles. The van der Waals surface area contributed by atoms with Crippen LogP contribution in [0.1, 0.15) is 5.56 Å². The summed E-state index contributed by atoms with van der Waals surface area (Å²) in [6.07, 6.45) is 1.58. The number of hydrogen-bond acceptors (Lipinski definition) is 4. The molecule has 0 bridgehead atoms. The quantitative estimate of drug-likeness (QED) is 0.878. The van der Waals surface area contributed by atoms with Crippen molar-refractivity contribution >= 4 is 26.9 Å². The third-order valence-corrected chi connectivity index (χ3v) is 2.80. The van der Waals surface area contributed by atoms with Crippen molar-refractivity contribution in [3.05, 3.63) is 28.4 Å². The predicted molar refractivity (Wildman–Crippen MR) is 62.3 cm³/mol. The second kappa shape index (κ2) is 4.86. The molecule has 0 fully saturated rings. The van der Waals surface area contributed by atoms with Gasteiger partial charge in [0.15, 0.2) is 12.4 Å². The molecule has 0 aliphatic rings. The second-order valence-corrected chi connectivity index (χ2v) is 4.07. The third-order valence-electron chi connectivity index (χ3n) is 2.21. The minimum absolute atomic E-state index is 0.0984. The number of ether oxygens (including phenoxy) is 2. The van der Waals surface area contributed by atoms with E-state index in [1.807, 2.05) is 0 Å². The SMILES string of the molecule is COCOc1c(CO)cc(Br)c2occc12. The molecule has 0 amide bonds. The van der Waals surface area contributed by atoms with Gasteiger partial charge in [0, 0.05) is 12.7 Å². The van der Waals surface area contributed by atoms with Crippen molar-refractivity contribution in [2.45, 2.75) is 6.61 Å². The van der Waals surface area contributed by atoms with Gasteiger partial charge >= 0.3 is 0 Å². The molecule has 1 heterocycles. The number of rotatable bonds is 4. The summed E-state index contributed by atoms with van der Waals surface area (Å²) in [5.41, 5.74) is 1.39. The van der Waals surface area contributed by atoms with E-state index < -0.39 is 0 Å². The molecule has 16 heavy (non-hydrogen) atoms. The van der Waals surface area contributed by atoms with Crippen LogP contribution < -0.4 is 4.74 Å². The van der Waals surface area contributed by atoms with Gasteiger partial charge in [0.05, 0.1) is 22.7 Å². The fourth-order valence-corrected chi connectivity index (χ4v) is 2.12. The average molecular weight is 287 g/mol. The number of halogens is 1. The van der Waals surface area contributed by atoms with Crippen LogP contribution in [0.3, 0.4) is 0 Å². The number of fused-ring (bicyclic) bond motifs is 1. The molecule has 2 aromatic rings. The average Bonchev–Trinajstić information content (AvgIpc) is 2.77. The zero-order chi connectivity index (χ0) is 11.5. The highest BCUT2D eigenvalue weighted by atomic mass is 79.9. The highest BCUT2D eigenvalue weighted by Crippen LogP contribution is 2.36. The Morgan fingerprint density at radius 1 is 1.50 bits per heavy atom. The fourth-order valence-electron chi connectivity index (χ4n) is 1.54. The van der Waals surface area contributed by atoms with Gasteiger partial charge < -0.3 is 19.0 Å². The Morgan fingerprint density at radius 2 is 2.31 bits per heavy atom. The molecule has 0 saturated heterocycles.